The lowest BCUT2D eigenvalue weighted by molar-refractivity contribution is -0.119. The van der Waals surface area contributed by atoms with Gasteiger partial charge in [0.25, 0.3) is 0 Å². The molecular weight excluding hydrogens is 371 g/mol. The van der Waals surface area contributed by atoms with E-state index in [0.29, 0.717) is 61.7 Å². The van der Waals surface area contributed by atoms with Crippen molar-refractivity contribution < 1.29 is 13.9 Å². The van der Waals surface area contributed by atoms with Gasteiger partial charge in [0.15, 0.2) is 5.78 Å². The van der Waals surface area contributed by atoms with Crippen molar-refractivity contribution in [1.29, 1.82) is 5.26 Å². The quantitative estimate of drug-likeness (QED) is 0.828. The van der Waals surface area contributed by atoms with Gasteiger partial charge in [-0.2, -0.15) is 5.26 Å². The van der Waals surface area contributed by atoms with Crippen LogP contribution in [0.25, 0.3) is 0 Å². The van der Waals surface area contributed by atoms with Crippen LogP contribution in [0.1, 0.15) is 38.2 Å². The van der Waals surface area contributed by atoms with Gasteiger partial charge in [0.05, 0.1) is 30.8 Å². The zero-order valence-corrected chi connectivity index (χ0v) is 16.7. The Balaban J connectivity index is 1.91. The molecule has 0 spiro atoms. The summed E-state index contributed by atoms with van der Waals surface area (Å²) in [5, 5.41) is 13.9. The third-order valence-corrected chi connectivity index (χ3v) is 5.83. The molecule has 1 saturated heterocycles. The number of carbonyl (C=O) groups is 1. The number of nitriles is 1. The van der Waals surface area contributed by atoms with Crippen molar-refractivity contribution >= 4 is 5.78 Å². The first-order valence-electron chi connectivity index (χ1n) is 9.86. The maximum absolute atomic E-state index is 13.5. The lowest BCUT2D eigenvalue weighted by atomic mass is 9.69. The van der Waals surface area contributed by atoms with Crippen molar-refractivity contribution in [3.05, 3.63) is 58.3 Å². The molecule has 152 valence electrons. The summed E-state index contributed by atoms with van der Waals surface area (Å²) in [7, 11) is 0. The predicted molar refractivity (Wildman–Crippen MR) is 105 cm³/mol. The van der Waals surface area contributed by atoms with Gasteiger partial charge in [-0.3, -0.25) is 9.80 Å². The number of nitrogens with zero attached hydrogens (tertiary/aromatic N) is 3. The molecule has 1 unspecified atom stereocenters. The van der Waals surface area contributed by atoms with Crippen molar-refractivity contribution in [3.63, 3.8) is 0 Å². The van der Waals surface area contributed by atoms with Crippen LogP contribution in [0.2, 0.25) is 0 Å². The summed E-state index contributed by atoms with van der Waals surface area (Å²) >= 11 is 0. The molecule has 1 aromatic rings. The Hall–Kier alpha value is -2.69. The third-order valence-electron chi connectivity index (χ3n) is 5.83. The Bertz CT molecular complexity index is 937. The van der Waals surface area contributed by atoms with Gasteiger partial charge in [0.2, 0.25) is 0 Å². The molecule has 0 saturated carbocycles. The van der Waals surface area contributed by atoms with E-state index in [2.05, 4.69) is 24.9 Å². The average Bonchev–Trinajstić information content (AvgIpc) is 2.67. The number of allylic oxidation sites excluding steroid dienone is 3. The molecule has 2 N–H and O–H groups in total. The summed E-state index contributed by atoms with van der Waals surface area (Å²) in [4.78, 5) is 13.3. The topological polar surface area (TPSA) is 82.6 Å². The number of benzene rings is 1. The Kier molecular flexibility index (Phi) is 4.93. The van der Waals surface area contributed by atoms with Gasteiger partial charge in [-0.1, -0.05) is 26.0 Å². The third kappa shape index (κ3) is 3.43. The summed E-state index contributed by atoms with van der Waals surface area (Å²) in [6.07, 6.45) is 1.07. The van der Waals surface area contributed by atoms with Crippen LogP contribution in [0.5, 0.6) is 0 Å². The van der Waals surface area contributed by atoms with Gasteiger partial charge < -0.3 is 10.5 Å². The zero-order valence-electron chi connectivity index (χ0n) is 16.7. The molecular formula is C22H25FN4O2. The van der Waals surface area contributed by atoms with Crippen LogP contribution >= 0.6 is 0 Å². The highest BCUT2D eigenvalue weighted by molar-refractivity contribution is 6.00. The highest BCUT2D eigenvalue weighted by atomic mass is 19.1. The van der Waals surface area contributed by atoms with Crippen molar-refractivity contribution in [3.8, 4) is 6.07 Å². The van der Waals surface area contributed by atoms with Crippen molar-refractivity contribution in [1.82, 2.24) is 10.0 Å². The number of ketones is 1. The highest BCUT2D eigenvalue weighted by Gasteiger charge is 2.45. The van der Waals surface area contributed by atoms with Crippen LogP contribution in [-0.4, -0.2) is 42.1 Å². The van der Waals surface area contributed by atoms with E-state index in [-0.39, 0.29) is 17.0 Å². The summed E-state index contributed by atoms with van der Waals surface area (Å²) in [5.74, 6) is -0.575. The van der Waals surface area contributed by atoms with Crippen LogP contribution in [0, 0.1) is 22.6 Å². The lowest BCUT2D eigenvalue weighted by Crippen LogP contribution is -2.53. The van der Waals surface area contributed by atoms with Gasteiger partial charge in [0, 0.05) is 30.8 Å². The standard InChI is InChI=1S/C22H25FN4O2/c1-22(2)11-17-20(18(28)12-22)19(14-3-5-15(23)6-4-14)16(13-24)21(25)27(17)26-7-9-29-10-8-26/h3-6,19H,7-12,25H2,1-2H3. The molecule has 29 heavy (non-hydrogen) atoms. The number of ether oxygens (including phenoxy) is 1. The predicted octanol–water partition coefficient (Wildman–Crippen LogP) is 2.81. The van der Waals surface area contributed by atoms with Crippen LogP contribution in [0.4, 0.5) is 4.39 Å². The second-order valence-electron chi connectivity index (χ2n) is 8.57. The van der Waals surface area contributed by atoms with Gasteiger partial charge in [-0.05, 0) is 29.5 Å². The van der Waals surface area contributed by atoms with Crippen LogP contribution < -0.4 is 5.73 Å². The minimum absolute atomic E-state index is 0.0177. The summed E-state index contributed by atoms with van der Waals surface area (Å²) in [6, 6.07) is 8.21. The number of rotatable bonds is 2. The van der Waals surface area contributed by atoms with Gasteiger partial charge in [-0.25, -0.2) is 9.40 Å². The number of hydrogen-bond donors (Lipinski definition) is 1. The Morgan fingerprint density at radius 2 is 1.86 bits per heavy atom. The first kappa shape index (κ1) is 19.6. The lowest BCUT2D eigenvalue weighted by Gasteiger charge is -2.48. The fraction of sp³-hybridized carbons (Fsp3) is 0.455. The van der Waals surface area contributed by atoms with E-state index in [1.165, 1.54) is 12.1 Å². The molecule has 4 rings (SSSR count). The smallest absolute Gasteiger partial charge is 0.162 e. The number of hydrogen-bond acceptors (Lipinski definition) is 6. The summed E-state index contributed by atoms with van der Waals surface area (Å²) < 4.78 is 19.0. The minimum atomic E-state index is -0.573. The van der Waals surface area contributed by atoms with E-state index in [9.17, 15) is 14.4 Å². The summed E-state index contributed by atoms with van der Waals surface area (Å²) in [5.41, 5.74) is 8.82. The molecule has 0 bridgehead atoms. The van der Waals surface area contributed by atoms with E-state index >= 15 is 0 Å². The number of morpholine rings is 1. The Labute approximate surface area is 170 Å². The maximum Gasteiger partial charge on any atom is 0.162 e. The Morgan fingerprint density at radius 3 is 2.48 bits per heavy atom. The van der Waals surface area contributed by atoms with Crippen molar-refractivity contribution in [2.45, 2.75) is 32.6 Å². The minimum Gasteiger partial charge on any atom is -0.383 e. The zero-order chi connectivity index (χ0) is 20.8. The molecule has 0 amide bonds. The number of Topliss-reactive ketones (excluding diaryl/α,β-unsaturated/α-hetero) is 1. The van der Waals surface area contributed by atoms with E-state index in [1.807, 2.05) is 5.01 Å². The van der Waals surface area contributed by atoms with Gasteiger partial charge in [-0.15, -0.1) is 0 Å². The molecule has 0 radical (unpaired) electrons. The maximum atomic E-state index is 13.5. The first-order chi connectivity index (χ1) is 13.8. The number of halogens is 1. The average molecular weight is 396 g/mol. The Morgan fingerprint density at radius 1 is 1.21 bits per heavy atom. The summed E-state index contributed by atoms with van der Waals surface area (Å²) in [6.45, 7) is 6.52. The first-order valence-corrected chi connectivity index (χ1v) is 9.86. The normalized spacial score (nSPS) is 25.1. The largest absolute Gasteiger partial charge is 0.383 e. The molecule has 7 heteroatoms. The van der Waals surface area contributed by atoms with E-state index in [0.717, 1.165) is 5.70 Å². The van der Waals surface area contributed by atoms with E-state index in [4.69, 9.17) is 10.5 Å². The molecule has 1 aromatic carbocycles. The molecule has 0 aromatic heterocycles. The van der Waals surface area contributed by atoms with Crippen molar-refractivity contribution in [2.75, 3.05) is 26.3 Å². The number of hydrazine groups is 1. The molecule has 2 aliphatic heterocycles. The highest BCUT2D eigenvalue weighted by Crippen LogP contribution is 2.49. The number of carbonyl (C=O) groups excluding carboxylic acids is 1. The van der Waals surface area contributed by atoms with E-state index < -0.39 is 5.92 Å². The number of nitrogens with two attached hydrogens (primary N) is 1. The molecule has 6 nitrogen and oxygen atoms in total. The van der Waals surface area contributed by atoms with Gasteiger partial charge in [0.1, 0.15) is 11.6 Å². The van der Waals surface area contributed by atoms with Crippen molar-refractivity contribution in [2.24, 2.45) is 11.1 Å². The second kappa shape index (κ2) is 7.29. The fourth-order valence-corrected chi connectivity index (χ4v) is 4.56. The fourth-order valence-electron chi connectivity index (χ4n) is 4.56. The van der Waals surface area contributed by atoms with Crippen LogP contribution in [-0.2, 0) is 9.53 Å². The van der Waals surface area contributed by atoms with Crippen LogP contribution in [0.15, 0.2) is 46.9 Å². The molecule has 1 atom stereocenters. The molecule has 1 aliphatic carbocycles. The molecule has 3 aliphatic rings. The van der Waals surface area contributed by atoms with Crippen LogP contribution in [0.3, 0.4) is 0 Å². The SMILES string of the molecule is CC1(C)CC(=O)C2=C(C1)N(N1CCOCC1)C(N)=C(C#N)C2c1ccc(F)cc1. The van der Waals surface area contributed by atoms with Gasteiger partial charge >= 0.3 is 0 Å². The second-order valence-corrected chi connectivity index (χ2v) is 8.57. The van der Waals surface area contributed by atoms with E-state index in [1.54, 1.807) is 12.1 Å². The molecule has 1 fully saturated rings. The molecule has 2 heterocycles. The monoisotopic (exact) mass is 396 g/mol.